The number of carbonyl (C=O) groups is 2. The van der Waals surface area contributed by atoms with Crippen molar-refractivity contribution in [1.29, 1.82) is 0 Å². The first-order valence-corrected chi connectivity index (χ1v) is 10.6. The molecule has 7 heteroatoms. The molecule has 0 unspecified atom stereocenters. The molecule has 7 nitrogen and oxygen atoms in total. The Morgan fingerprint density at radius 3 is 2.18 bits per heavy atom. The second kappa shape index (κ2) is 9.65. The van der Waals surface area contributed by atoms with Gasteiger partial charge in [0.05, 0.1) is 13.0 Å². The zero-order chi connectivity index (χ0) is 23.4. The Kier molecular flexibility index (Phi) is 6.49. The number of likely N-dealkylation sites (N-methyl/N-ethyl adjacent to an activating group) is 1. The normalized spacial score (nSPS) is 12.1. The van der Waals surface area contributed by atoms with Crippen LogP contribution in [0.1, 0.15) is 22.6 Å². The number of nitrogens with one attached hydrogen (secondary N) is 1. The van der Waals surface area contributed by atoms with Gasteiger partial charge in [-0.2, -0.15) is 0 Å². The van der Waals surface area contributed by atoms with Gasteiger partial charge in [-0.3, -0.25) is 9.59 Å². The summed E-state index contributed by atoms with van der Waals surface area (Å²) < 4.78 is 17.0. The van der Waals surface area contributed by atoms with E-state index in [9.17, 15) is 9.59 Å². The molecular formula is C26H26N2O5. The van der Waals surface area contributed by atoms with Crippen LogP contribution in [0, 0.1) is 0 Å². The molecule has 1 aliphatic heterocycles. The Balaban J connectivity index is 1.49. The quantitative estimate of drug-likeness (QED) is 0.599. The van der Waals surface area contributed by atoms with E-state index in [1.54, 1.807) is 26.2 Å². The molecule has 33 heavy (non-hydrogen) atoms. The molecule has 0 aromatic heterocycles. The van der Waals surface area contributed by atoms with Crippen LogP contribution in [0.2, 0.25) is 0 Å². The first-order chi connectivity index (χ1) is 16.0. The van der Waals surface area contributed by atoms with Crippen LogP contribution in [0.25, 0.3) is 0 Å². The fourth-order valence-electron chi connectivity index (χ4n) is 3.69. The summed E-state index contributed by atoms with van der Waals surface area (Å²) in [6, 6.07) is 20.5. The topological polar surface area (TPSA) is 77.1 Å². The fraction of sp³-hybridized carbons (Fsp3) is 0.231. The first-order valence-electron chi connectivity index (χ1n) is 10.6. The van der Waals surface area contributed by atoms with Crippen LogP contribution < -0.4 is 19.5 Å². The van der Waals surface area contributed by atoms with E-state index in [1.807, 2.05) is 54.6 Å². The third-order valence-corrected chi connectivity index (χ3v) is 5.49. The third kappa shape index (κ3) is 4.77. The van der Waals surface area contributed by atoms with Crippen molar-refractivity contribution in [2.45, 2.75) is 12.5 Å². The summed E-state index contributed by atoms with van der Waals surface area (Å²) >= 11 is 0. The SMILES string of the molecule is COc1cc(CNC(=O)C2c3ccccc3Oc3ccccc32)ccc1OCC(=O)N(C)C. The number of rotatable bonds is 7. The molecule has 170 valence electrons. The smallest absolute Gasteiger partial charge is 0.259 e. The van der Waals surface area contributed by atoms with Crippen LogP contribution in [0.3, 0.4) is 0 Å². The summed E-state index contributed by atoms with van der Waals surface area (Å²) in [5.41, 5.74) is 2.52. The Labute approximate surface area is 192 Å². The molecule has 3 aromatic carbocycles. The maximum absolute atomic E-state index is 13.3. The van der Waals surface area contributed by atoms with Gasteiger partial charge in [-0.25, -0.2) is 0 Å². The molecule has 1 aliphatic rings. The van der Waals surface area contributed by atoms with Crippen molar-refractivity contribution in [3.63, 3.8) is 0 Å². The largest absolute Gasteiger partial charge is 0.493 e. The zero-order valence-corrected chi connectivity index (χ0v) is 18.8. The monoisotopic (exact) mass is 446 g/mol. The van der Waals surface area contributed by atoms with Gasteiger partial charge >= 0.3 is 0 Å². The standard InChI is InChI=1S/C26H26N2O5/c1-28(2)24(29)16-32-22-13-12-17(14-23(22)31-3)15-27-26(30)25-18-8-4-6-10-20(18)33-21-11-7-5-9-19(21)25/h4-14,25H,15-16H2,1-3H3,(H,27,30). The Hall–Kier alpha value is -4.00. The van der Waals surface area contributed by atoms with Gasteiger partial charge in [0.25, 0.3) is 5.91 Å². The van der Waals surface area contributed by atoms with Crippen molar-refractivity contribution in [2.24, 2.45) is 0 Å². The van der Waals surface area contributed by atoms with Gasteiger partial charge in [0.1, 0.15) is 11.5 Å². The van der Waals surface area contributed by atoms with E-state index in [-0.39, 0.29) is 18.4 Å². The van der Waals surface area contributed by atoms with Gasteiger partial charge in [0, 0.05) is 31.8 Å². The summed E-state index contributed by atoms with van der Waals surface area (Å²) in [6.45, 7) is 0.232. The van der Waals surface area contributed by atoms with Crippen LogP contribution in [-0.2, 0) is 16.1 Å². The zero-order valence-electron chi connectivity index (χ0n) is 18.8. The van der Waals surface area contributed by atoms with Crippen molar-refractivity contribution >= 4 is 11.8 Å². The van der Waals surface area contributed by atoms with E-state index in [1.165, 1.54) is 12.0 Å². The summed E-state index contributed by atoms with van der Waals surface area (Å²) in [7, 11) is 4.88. The van der Waals surface area contributed by atoms with Crippen LogP contribution in [0.5, 0.6) is 23.0 Å². The lowest BCUT2D eigenvalue weighted by Gasteiger charge is -2.27. The Morgan fingerprint density at radius 1 is 0.939 bits per heavy atom. The molecule has 0 aliphatic carbocycles. The highest BCUT2D eigenvalue weighted by Crippen LogP contribution is 2.43. The third-order valence-electron chi connectivity index (χ3n) is 5.49. The minimum absolute atomic E-state index is 0.0813. The van der Waals surface area contributed by atoms with Crippen molar-refractivity contribution in [2.75, 3.05) is 27.8 Å². The summed E-state index contributed by atoms with van der Waals surface area (Å²) in [5.74, 6) is 1.61. The van der Waals surface area contributed by atoms with Crippen molar-refractivity contribution in [3.8, 4) is 23.0 Å². The van der Waals surface area contributed by atoms with E-state index in [0.717, 1.165) is 16.7 Å². The molecule has 2 amide bonds. The van der Waals surface area contributed by atoms with Crippen LogP contribution in [0.4, 0.5) is 0 Å². The molecule has 0 saturated heterocycles. The molecule has 0 atom stereocenters. The molecule has 0 fully saturated rings. The number of benzene rings is 3. The van der Waals surface area contributed by atoms with Crippen LogP contribution >= 0.6 is 0 Å². The minimum Gasteiger partial charge on any atom is -0.493 e. The molecule has 0 radical (unpaired) electrons. The van der Waals surface area contributed by atoms with Gasteiger partial charge in [0.2, 0.25) is 5.91 Å². The second-order valence-corrected chi connectivity index (χ2v) is 7.89. The number of fused-ring (bicyclic) bond motifs is 2. The van der Waals surface area contributed by atoms with Crippen molar-refractivity contribution in [3.05, 3.63) is 83.4 Å². The lowest BCUT2D eigenvalue weighted by Crippen LogP contribution is -2.31. The molecule has 0 spiro atoms. The fourth-order valence-corrected chi connectivity index (χ4v) is 3.69. The number of carbonyl (C=O) groups excluding carboxylic acids is 2. The number of amides is 2. The first kappa shape index (κ1) is 22.2. The van der Waals surface area contributed by atoms with E-state index in [0.29, 0.717) is 29.5 Å². The lowest BCUT2D eigenvalue weighted by molar-refractivity contribution is -0.130. The van der Waals surface area contributed by atoms with E-state index >= 15 is 0 Å². The molecule has 1 N–H and O–H groups in total. The average Bonchev–Trinajstić information content (AvgIpc) is 2.84. The van der Waals surface area contributed by atoms with Crippen molar-refractivity contribution in [1.82, 2.24) is 10.2 Å². The molecule has 3 aromatic rings. The van der Waals surface area contributed by atoms with Gasteiger partial charge in [-0.1, -0.05) is 42.5 Å². The highest BCUT2D eigenvalue weighted by atomic mass is 16.5. The molecule has 1 heterocycles. The predicted octanol–water partition coefficient (Wildman–Crippen LogP) is 3.72. The number of hydrogen-bond acceptors (Lipinski definition) is 5. The number of methoxy groups -OCH3 is 1. The van der Waals surface area contributed by atoms with Crippen LogP contribution in [-0.4, -0.2) is 44.5 Å². The van der Waals surface area contributed by atoms with Crippen LogP contribution in [0.15, 0.2) is 66.7 Å². The van der Waals surface area contributed by atoms with E-state index in [4.69, 9.17) is 14.2 Å². The van der Waals surface area contributed by atoms with E-state index in [2.05, 4.69) is 5.32 Å². The Morgan fingerprint density at radius 2 is 1.58 bits per heavy atom. The molecule has 0 bridgehead atoms. The maximum Gasteiger partial charge on any atom is 0.259 e. The molecule has 4 rings (SSSR count). The van der Waals surface area contributed by atoms with E-state index < -0.39 is 5.92 Å². The number of para-hydroxylation sites is 2. The molecular weight excluding hydrogens is 420 g/mol. The van der Waals surface area contributed by atoms with Crippen molar-refractivity contribution < 1.29 is 23.8 Å². The number of hydrogen-bond donors (Lipinski definition) is 1. The lowest BCUT2D eigenvalue weighted by atomic mass is 9.87. The van der Waals surface area contributed by atoms with Gasteiger partial charge in [-0.05, 0) is 29.8 Å². The highest BCUT2D eigenvalue weighted by Gasteiger charge is 2.32. The second-order valence-electron chi connectivity index (χ2n) is 7.89. The average molecular weight is 447 g/mol. The molecule has 0 saturated carbocycles. The summed E-state index contributed by atoms with van der Waals surface area (Å²) in [6.07, 6.45) is 0. The predicted molar refractivity (Wildman–Crippen MR) is 124 cm³/mol. The van der Waals surface area contributed by atoms with Gasteiger partial charge < -0.3 is 24.4 Å². The highest BCUT2D eigenvalue weighted by molar-refractivity contribution is 5.89. The summed E-state index contributed by atoms with van der Waals surface area (Å²) in [5, 5.41) is 3.03. The number of nitrogens with zero attached hydrogens (tertiary/aromatic N) is 1. The van der Waals surface area contributed by atoms with Gasteiger partial charge in [0.15, 0.2) is 18.1 Å². The van der Waals surface area contributed by atoms with Gasteiger partial charge in [-0.15, -0.1) is 0 Å². The Bertz CT molecular complexity index is 1130. The summed E-state index contributed by atoms with van der Waals surface area (Å²) in [4.78, 5) is 26.5. The number of ether oxygens (including phenoxy) is 3. The minimum atomic E-state index is -0.465. The maximum atomic E-state index is 13.3.